The fourth-order valence-corrected chi connectivity index (χ4v) is 4.88. The van der Waals surface area contributed by atoms with E-state index in [0.29, 0.717) is 5.92 Å². The molecule has 0 saturated heterocycles. The highest BCUT2D eigenvalue weighted by atomic mass is 16.5. The molecule has 0 heterocycles. The topological polar surface area (TPSA) is 26.3 Å². The van der Waals surface area contributed by atoms with Crippen LogP contribution in [-0.2, 0) is 0 Å². The first-order valence-electron chi connectivity index (χ1n) is 14.6. The lowest BCUT2D eigenvalue weighted by molar-refractivity contribution is 0.307. The largest absolute Gasteiger partial charge is 0.785 e. The molecule has 0 amide bonds. The monoisotopic (exact) mass is 438 g/mol. The van der Waals surface area contributed by atoms with Gasteiger partial charge in [-0.2, -0.15) is 0 Å². The summed E-state index contributed by atoms with van der Waals surface area (Å²) >= 11 is 0. The van der Waals surface area contributed by atoms with E-state index in [1.54, 1.807) is 7.05 Å². The van der Waals surface area contributed by atoms with E-state index in [4.69, 9.17) is 0 Å². The van der Waals surface area contributed by atoms with Crippen molar-refractivity contribution in [3.8, 4) is 0 Å². The third-order valence-electron chi connectivity index (χ3n) is 6.95. The molecule has 1 atom stereocenters. The van der Waals surface area contributed by atoms with E-state index in [-0.39, 0.29) is 0 Å². The van der Waals surface area contributed by atoms with Gasteiger partial charge in [0.1, 0.15) is 0 Å². The molecule has 0 aliphatic carbocycles. The zero-order chi connectivity index (χ0) is 22.8. The van der Waals surface area contributed by atoms with Crippen molar-refractivity contribution < 1.29 is 0 Å². The van der Waals surface area contributed by atoms with Crippen molar-refractivity contribution in [2.45, 2.75) is 168 Å². The van der Waals surface area contributed by atoms with Crippen LogP contribution in [0.5, 0.6) is 0 Å². The highest BCUT2D eigenvalue weighted by Gasteiger charge is 2.08. The summed E-state index contributed by atoms with van der Waals surface area (Å²) in [6.45, 7) is 5.32. The van der Waals surface area contributed by atoms with Crippen molar-refractivity contribution >= 4 is 0 Å². The first kappa shape index (κ1) is 30.9. The Morgan fingerprint density at radius 1 is 0.452 bits per heavy atom. The van der Waals surface area contributed by atoms with E-state index < -0.39 is 0 Å². The molecule has 1 unspecified atom stereocenters. The molecular formula is C29H60NO-. The Balaban J connectivity index is 3.52. The third kappa shape index (κ3) is 26.1. The summed E-state index contributed by atoms with van der Waals surface area (Å²) < 4.78 is 0. The Kier molecular flexibility index (Phi) is 26.1. The molecular weight excluding hydrogens is 378 g/mol. The highest BCUT2D eigenvalue weighted by Crippen LogP contribution is 2.20. The van der Waals surface area contributed by atoms with Crippen LogP contribution < -0.4 is 0 Å². The second-order valence-corrected chi connectivity index (χ2v) is 10.3. The van der Waals surface area contributed by atoms with Crippen LogP contribution in [0.25, 0.3) is 0 Å². The minimum Gasteiger partial charge on any atom is -0.785 e. The van der Waals surface area contributed by atoms with E-state index in [9.17, 15) is 5.21 Å². The lowest BCUT2D eigenvalue weighted by Gasteiger charge is -2.28. The summed E-state index contributed by atoms with van der Waals surface area (Å²) in [6.07, 6.45) is 33.4. The molecule has 188 valence electrons. The minimum absolute atomic E-state index is 0.625. The number of nitrogens with zero attached hydrogens (tertiary/aromatic N) is 1. The second-order valence-electron chi connectivity index (χ2n) is 10.3. The van der Waals surface area contributed by atoms with Crippen molar-refractivity contribution in [2.75, 3.05) is 13.6 Å². The molecule has 0 spiro atoms. The van der Waals surface area contributed by atoms with Gasteiger partial charge in [0.2, 0.25) is 0 Å². The zero-order valence-corrected chi connectivity index (χ0v) is 22.1. The molecule has 0 bridgehead atoms. The van der Waals surface area contributed by atoms with Gasteiger partial charge in [-0.05, 0) is 32.4 Å². The summed E-state index contributed by atoms with van der Waals surface area (Å²) in [5.41, 5.74) is 0. The van der Waals surface area contributed by atoms with Gasteiger partial charge in [-0.1, -0.05) is 155 Å². The van der Waals surface area contributed by atoms with Crippen LogP contribution in [0.2, 0.25) is 0 Å². The van der Waals surface area contributed by atoms with Gasteiger partial charge in [-0.25, -0.2) is 0 Å². The van der Waals surface area contributed by atoms with Gasteiger partial charge in [0.15, 0.2) is 0 Å². The normalized spacial score (nSPS) is 12.7. The van der Waals surface area contributed by atoms with Crippen molar-refractivity contribution in [3.63, 3.8) is 0 Å². The van der Waals surface area contributed by atoms with E-state index in [2.05, 4.69) is 13.8 Å². The van der Waals surface area contributed by atoms with E-state index in [0.717, 1.165) is 6.54 Å². The molecule has 2 heteroatoms. The van der Waals surface area contributed by atoms with Crippen molar-refractivity contribution in [2.24, 2.45) is 5.92 Å². The number of hydroxylamine groups is 2. The van der Waals surface area contributed by atoms with Gasteiger partial charge in [-0.3, -0.25) is 0 Å². The van der Waals surface area contributed by atoms with Crippen LogP contribution >= 0.6 is 0 Å². The van der Waals surface area contributed by atoms with E-state index in [1.165, 1.54) is 159 Å². The van der Waals surface area contributed by atoms with Crippen molar-refractivity contribution in [3.05, 3.63) is 5.21 Å². The average molecular weight is 439 g/mol. The SMILES string of the molecule is CCCCCCCCCCCCCCC(CCCCCCCCCCCC)CN(C)[O-]. The molecule has 0 aliphatic rings. The third-order valence-corrected chi connectivity index (χ3v) is 6.95. The molecule has 31 heavy (non-hydrogen) atoms. The van der Waals surface area contributed by atoms with Crippen molar-refractivity contribution in [1.29, 1.82) is 0 Å². The number of unbranched alkanes of at least 4 members (excludes halogenated alkanes) is 20. The van der Waals surface area contributed by atoms with Crippen LogP contribution in [0.15, 0.2) is 0 Å². The molecule has 0 saturated carbocycles. The summed E-state index contributed by atoms with van der Waals surface area (Å²) in [6, 6.07) is 0. The average Bonchev–Trinajstić information content (AvgIpc) is 2.75. The lowest BCUT2D eigenvalue weighted by atomic mass is 9.94. The predicted octanol–water partition coefficient (Wildman–Crippen LogP) is 10.4. The standard InChI is InChI=1S/C29H60NO/c1-4-6-8-10-12-14-16-17-19-21-23-25-27-29(28-30(3)31)26-24-22-20-18-15-13-11-9-7-5-2/h29H,4-28H2,1-3H3/q-1. The Labute approximate surface area is 197 Å². The number of rotatable bonds is 26. The molecule has 0 aromatic carbocycles. The van der Waals surface area contributed by atoms with Gasteiger partial charge in [0, 0.05) is 0 Å². The van der Waals surface area contributed by atoms with Gasteiger partial charge >= 0.3 is 0 Å². The van der Waals surface area contributed by atoms with Gasteiger partial charge in [-0.15, -0.1) is 0 Å². The Morgan fingerprint density at radius 2 is 0.710 bits per heavy atom. The number of hydrogen-bond acceptors (Lipinski definition) is 2. The minimum atomic E-state index is 0.625. The maximum absolute atomic E-state index is 11.6. The summed E-state index contributed by atoms with van der Waals surface area (Å²) in [4.78, 5) is 0. The lowest BCUT2D eigenvalue weighted by Crippen LogP contribution is -2.20. The van der Waals surface area contributed by atoms with Crippen LogP contribution in [0, 0.1) is 11.1 Å². The van der Waals surface area contributed by atoms with Gasteiger partial charge < -0.3 is 10.3 Å². The molecule has 2 nitrogen and oxygen atoms in total. The molecule has 0 aromatic rings. The zero-order valence-electron chi connectivity index (χ0n) is 22.1. The molecule has 0 fully saturated rings. The molecule has 0 aromatic heterocycles. The van der Waals surface area contributed by atoms with Crippen LogP contribution in [0.1, 0.15) is 168 Å². The quantitative estimate of drug-likeness (QED) is 0.0991. The van der Waals surface area contributed by atoms with Crippen molar-refractivity contribution in [1.82, 2.24) is 5.06 Å². The highest BCUT2D eigenvalue weighted by molar-refractivity contribution is 4.65. The predicted molar refractivity (Wildman–Crippen MR) is 142 cm³/mol. The van der Waals surface area contributed by atoms with Gasteiger partial charge in [0.25, 0.3) is 0 Å². The van der Waals surface area contributed by atoms with E-state index >= 15 is 0 Å². The maximum atomic E-state index is 11.6. The Bertz CT molecular complexity index is 318. The van der Waals surface area contributed by atoms with Gasteiger partial charge in [0.05, 0.1) is 0 Å². The number of hydrogen-bond donors (Lipinski definition) is 0. The fraction of sp³-hybridized carbons (Fsp3) is 1.00. The first-order chi connectivity index (χ1) is 15.2. The summed E-state index contributed by atoms with van der Waals surface area (Å²) in [7, 11) is 1.70. The second kappa shape index (κ2) is 26.2. The Hall–Kier alpha value is -0.0800. The molecule has 0 radical (unpaired) electrons. The Morgan fingerprint density at radius 3 is 0.968 bits per heavy atom. The van der Waals surface area contributed by atoms with E-state index in [1.807, 2.05) is 0 Å². The molecule has 0 N–H and O–H groups in total. The van der Waals surface area contributed by atoms with Crippen LogP contribution in [0.3, 0.4) is 0 Å². The first-order valence-corrected chi connectivity index (χ1v) is 14.6. The summed E-state index contributed by atoms with van der Waals surface area (Å²) in [5, 5.41) is 12.7. The molecule has 0 rings (SSSR count). The fourth-order valence-electron chi connectivity index (χ4n) is 4.88. The molecule has 0 aliphatic heterocycles. The van der Waals surface area contributed by atoms with Crippen LogP contribution in [-0.4, -0.2) is 18.7 Å². The smallest absolute Gasteiger partial charge is 0.0118 e. The summed E-state index contributed by atoms with van der Waals surface area (Å²) in [5.74, 6) is 0.625. The van der Waals surface area contributed by atoms with Crippen LogP contribution in [0.4, 0.5) is 0 Å². The maximum Gasteiger partial charge on any atom is -0.0118 e.